The van der Waals surface area contributed by atoms with Crippen LogP contribution in [0.15, 0.2) is 29.1 Å². The lowest BCUT2D eigenvalue weighted by Crippen LogP contribution is -2.41. The predicted molar refractivity (Wildman–Crippen MR) is 122 cm³/mol. The molecule has 0 saturated carbocycles. The number of hydrogen-bond acceptors (Lipinski definition) is 10. The molecule has 0 spiro atoms. The van der Waals surface area contributed by atoms with E-state index < -0.39 is 23.6 Å². The van der Waals surface area contributed by atoms with Crippen molar-refractivity contribution in [2.75, 3.05) is 9.80 Å². The molecule has 9 nitrogen and oxygen atoms in total. The van der Waals surface area contributed by atoms with Crippen molar-refractivity contribution < 1.29 is 29.4 Å². The predicted octanol–water partition coefficient (Wildman–Crippen LogP) is 3.01. The normalized spacial score (nSPS) is 15.3. The second kappa shape index (κ2) is 7.10. The second-order valence-electron chi connectivity index (χ2n) is 7.20. The lowest BCUT2D eigenvalue weighted by Gasteiger charge is -2.26. The van der Waals surface area contributed by atoms with Gasteiger partial charge < -0.3 is 10.2 Å². The van der Waals surface area contributed by atoms with E-state index >= 15 is 0 Å². The fourth-order valence-electron chi connectivity index (χ4n) is 4.15. The summed E-state index contributed by atoms with van der Waals surface area (Å²) in [6.07, 6.45) is 1.25. The number of hydrogen-bond donors (Lipinski definition) is 2. The third kappa shape index (κ3) is 2.55. The van der Waals surface area contributed by atoms with Crippen molar-refractivity contribution in [2.24, 2.45) is 0 Å². The highest BCUT2D eigenvalue weighted by atomic mass is 32.1. The quantitative estimate of drug-likeness (QED) is 0.415. The van der Waals surface area contributed by atoms with Gasteiger partial charge in [0.05, 0.1) is 39.9 Å². The fraction of sp³-hybridized carbons (Fsp3) is 0.0952. The summed E-state index contributed by atoms with van der Waals surface area (Å²) in [6.45, 7) is -0.681. The number of pyridine rings is 1. The lowest BCUT2D eigenvalue weighted by molar-refractivity contribution is 0.0875. The third-order valence-electron chi connectivity index (χ3n) is 5.58. The Morgan fingerprint density at radius 3 is 1.88 bits per heavy atom. The molecular weight excluding hydrogens is 486 g/mol. The SMILES string of the molecule is O=C1c2cnc3c4c(sc(c24)C(=O)N1c1ccsc1CO)C(=O)N(c1ccsc1CO)C3=O. The van der Waals surface area contributed by atoms with Gasteiger partial charge in [0.15, 0.2) is 0 Å². The average molecular weight is 498 g/mol. The highest BCUT2D eigenvalue weighted by molar-refractivity contribution is 7.18. The minimum Gasteiger partial charge on any atom is -0.391 e. The van der Waals surface area contributed by atoms with Crippen LogP contribution in [-0.4, -0.2) is 38.8 Å². The Hall–Kier alpha value is -3.29. The van der Waals surface area contributed by atoms with Gasteiger partial charge in [0, 0.05) is 17.0 Å². The molecule has 0 aromatic carbocycles. The molecule has 33 heavy (non-hydrogen) atoms. The number of rotatable bonds is 4. The first kappa shape index (κ1) is 20.3. The second-order valence-corrected chi connectivity index (χ2v) is 10.2. The molecule has 4 aromatic heterocycles. The van der Waals surface area contributed by atoms with Gasteiger partial charge in [-0.05, 0) is 22.9 Å². The van der Waals surface area contributed by atoms with Crippen LogP contribution in [0.3, 0.4) is 0 Å². The molecule has 2 aliphatic rings. The van der Waals surface area contributed by atoms with Gasteiger partial charge in [0.1, 0.15) is 15.4 Å². The molecule has 0 saturated heterocycles. The molecule has 2 aliphatic heterocycles. The number of carbonyl (C=O) groups is 4. The first-order chi connectivity index (χ1) is 16.0. The van der Waals surface area contributed by atoms with Gasteiger partial charge in [-0.25, -0.2) is 14.8 Å². The molecule has 12 heteroatoms. The molecule has 0 atom stereocenters. The minimum absolute atomic E-state index is 0.0263. The van der Waals surface area contributed by atoms with Crippen molar-refractivity contribution >= 4 is 79.8 Å². The molecule has 0 radical (unpaired) electrons. The zero-order valence-electron chi connectivity index (χ0n) is 16.4. The summed E-state index contributed by atoms with van der Waals surface area (Å²) in [5.74, 6) is -2.58. The number of thiophene rings is 3. The van der Waals surface area contributed by atoms with Crippen molar-refractivity contribution in [3.05, 3.63) is 59.9 Å². The number of imide groups is 2. The Morgan fingerprint density at radius 1 is 0.758 bits per heavy atom. The van der Waals surface area contributed by atoms with Crippen LogP contribution in [0.4, 0.5) is 11.4 Å². The first-order valence-corrected chi connectivity index (χ1v) is 12.1. The molecule has 164 valence electrons. The molecular formula is C21H11N3O6S3. The van der Waals surface area contributed by atoms with Gasteiger partial charge in [-0.2, -0.15) is 0 Å². The number of amides is 4. The third-order valence-corrected chi connectivity index (χ3v) is 8.54. The van der Waals surface area contributed by atoms with Gasteiger partial charge in [-0.15, -0.1) is 34.0 Å². The monoisotopic (exact) mass is 497 g/mol. The van der Waals surface area contributed by atoms with Crippen LogP contribution in [-0.2, 0) is 13.2 Å². The number of nitrogens with zero attached hydrogens (tertiary/aromatic N) is 3. The summed E-state index contributed by atoms with van der Waals surface area (Å²) >= 11 is 3.33. The number of carbonyl (C=O) groups excluding carboxylic acids is 4. The highest BCUT2D eigenvalue weighted by Gasteiger charge is 2.45. The average Bonchev–Trinajstić information content (AvgIpc) is 3.55. The van der Waals surface area contributed by atoms with Crippen molar-refractivity contribution in [3.8, 4) is 0 Å². The van der Waals surface area contributed by atoms with Crippen LogP contribution in [0.1, 0.15) is 49.9 Å². The van der Waals surface area contributed by atoms with E-state index in [0.717, 1.165) is 21.1 Å². The maximum atomic E-state index is 13.4. The van der Waals surface area contributed by atoms with Gasteiger partial charge in [-0.3, -0.25) is 19.2 Å². The first-order valence-electron chi connectivity index (χ1n) is 9.55. The van der Waals surface area contributed by atoms with Crippen molar-refractivity contribution in [2.45, 2.75) is 13.2 Å². The topological polar surface area (TPSA) is 128 Å². The Balaban J connectivity index is 1.58. The summed E-state index contributed by atoms with van der Waals surface area (Å²) in [4.78, 5) is 60.7. The molecule has 6 rings (SSSR count). The Morgan fingerprint density at radius 2 is 1.30 bits per heavy atom. The van der Waals surface area contributed by atoms with E-state index in [1.54, 1.807) is 22.9 Å². The Kier molecular flexibility index (Phi) is 4.38. The number of aliphatic hydroxyl groups excluding tert-OH is 2. The van der Waals surface area contributed by atoms with E-state index in [9.17, 15) is 29.4 Å². The molecule has 4 amide bonds. The van der Waals surface area contributed by atoms with Crippen LogP contribution in [0.2, 0.25) is 0 Å². The van der Waals surface area contributed by atoms with Gasteiger partial charge in [0.25, 0.3) is 23.6 Å². The van der Waals surface area contributed by atoms with Crippen LogP contribution >= 0.6 is 34.0 Å². The highest BCUT2D eigenvalue weighted by Crippen LogP contribution is 2.45. The molecule has 0 aliphatic carbocycles. The van der Waals surface area contributed by atoms with Crippen LogP contribution in [0.5, 0.6) is 0 Å². The summed E-state index contributed by atoms with van der Waals surface area (Å²) in [6, 6.07) is 3.14. The van der Waals surface area contributed by atoms with Crippen LogP contribution in [0, 0.1) is 0 Å². The molecule has 4 aromatic rings. The van der Waals surface area contributed by atoms with Crippen molar-refractivity contribution in [1.29, 1.82) is 0 Å². The zero-order valence-corrected chi connectivity index (χ0v) is 18.8. The summed E-state index contributed by atoms with van der Waals surface area (Å²) in [5, 5.41) is 23.0. The van der Waals surface area contributed by atoms with Gasteiger partial charge in [-0.1, -0.05) is 0 Å². The van der Waals surface area contributed by atoms with E-state index in [1.807, 2.05) is 0 Å². The lowest BCUT2D eigenvalue weighted by atomic mass is 9.97. The minimum atomic E-state index is -0.681. The Labute approximate surface area is 196 Å². The van der Waals surface area contributed by atoms with Gasteiger partial charge in [0.2, 0.25) is 0 Å². The van der Waals surface area contributed by atoms with Crippen LogP contribution < -0.4 is 9.80 Å². The molecule has 0 bridgehead atoms. The van der Waals surface area contributed by atoms with E-state index in [1.165, 1.54) is 28.9 Å². The van der Waals surface area contributed by atoms with Crippen molar-refractivity contribution in [3.63, 3.8) is 0 Å². The fourth-order valence-corrected chi connectivity index (χ4v) is 6.76. The summed E-state index contributed by atoms with van der Waals surface area (Å²) in [7, 11) is 0. The van der Waals surface area contributed by atoms with E-state index in [4.69, 9.17) is 0 Å². The number of anilines is 2. The summed E-state index contributed by atoms with van der Waals surface area (Å²) in [5.41, 5.74) is 0.630. The standard InChI is InChI=1S/C21H11N3O6S3/c25-6-11-9(1-3-31-11)23-18(27)8-5-22-15-14-13(8)16(20(23)29)33-17(14)21(30)24(19(15)28)10-2-4-32-12(10)7-26/h1-5,25-26H,6-7H2. The smallest absolute Gasteiger partial charge is 0.284 e. The summed E-state index contributed by atoms with van der Waals surface area (Å²) < 4.78 is 0. The number of aromatic nitrogens is 1. The molecule has 0 fully saturated rings. The molecule has 0 unspecified atom stereocenters. The maximum absolute atomic E-state index is 13.4. The number of aliphatic hydroxyl groups is 2. The molecule has 2 N–H and O–H groups in total. The molecule has 6 heterocycles. The van der Waals surface area contributed by atoms with E-state index in [-0.39, 0.29) is 56.4 Å². The van der Waals surface area contributed by atoms with E-state index in [2.05, 4.69) is 4.98 Å². The van der Waals surface area contributed by atoms with Gasteiger partial charge >= 0.3 is 0 Å². The van der Waals surface area contributed by atoms with Crippen molar-refractivity contribution in [1.82, 2.24) is 4.98 Å². The van der Waals surface area contributed by atoms with E-state index in [0.29, 0.717) is 9.75 Å². The van der Waals surface area contributed by atoms with Crippen LogP contribution in [0.25, 0.3) is 10.8 Å². The zero-order chi connectivity index (χ0) is 23.0. The maximum Gasteiger partial charge on any atom is 0.284 e. The Bertz CT molecular complexity index is 1440. The largest absolute Gasteiger partial charge is 0.391 e.